The number of pyridine rings is 3. The average molecular weight is 1070 g/mol. The van der Waals surface area contributed by atoms with Crippen LogP contribution in [0.5, 0.6) is 0 Å². The van der Waals surface area contributed by atoms with Gasteiger partial charge >= 0.3 is 0 Å². The van der Waals surface area contributed by atoms with Gasteiger partial charge in [0.1, 0.15) is 31.1 Å². The molecule has 12 heterocycles. The summed E-state index contributed by atoms with van der Waals surface area (Å²) in [6.45, 7) is 11.8. The molecular weight excluding hydrogens is 999 g/mol. The molecule has 0 amide bonds. The topological polar surface area (TPSA) is 300 Å². The van der Waals surface area contributed by atoms with E-state index in [0.29, 0.717) is 0 Å². The van der Waals surface area contributed by atoms with E-state index in [1.54, 1.807) is 126 Å². The molecule has 0 atom stereocenters. The highest BCUT2D eigenvalue weighted by Crippen LogP contribution is 1.96. The SMILES string of the molecule is Cc1ccccn1.Cc1cccnc1.Cc1ccncc1.Cc1ccncn1.Cc1cscn1.Cc1ncccn1.Cn1cccn1.Cn1ccnc1.Cn1ccnn1.Cn1cncn1.Cn1cnnn1.Cn1nnnn1. The van der Waals surface area contributed by atoms with Gasteiger partial charge in [0.2, 0.25) is 0 Å². The molecule has 0 N–H and O–H groups in total. The molecule has 0 fully saturated rings. The van der Waals surface area contributed by atoms with E-state index >= 15 is 0 Å². The Bertz CT molecular complexity index is 2400. The first-order valence-corrected chi connectivity index (χ1v) is 23.8. The van der Waals surface area contributed by atoms with Gasteiger partial charge in [-0.3, -0.25) is 34.0 Å². The maximum atomic E-state index is 3.98. The number of thiazole rings is 1. The van der Waals surface area contributed by atoms with E-state index in [1.807, 2.05) is 158 Å². The fraction of sp³-hybridized carbons (Fsp3) is 0.245. The van der Waals surface area contributed by atoms with Crippen molar-refractivity contribution < 1.29 is 0 Å². The van der Waals surface area contributed by atoms with Gasteiger partial charge in [0, 0.05) is 138 Å². The van der Waals surface area contributed by atoms with Crippen LogP contribution in [-0.2, 0) is 42.3 Å². The number of hydrogen-bond acceptors (Lipinski definition) is 22. The van der Waals surface area contributed by atoms with E-state index in [9.17, 15) is 0 Å². The van der Waals surface area contributed by atoms with E-state index in [1.165, 1.54) is 39.6 Å². The number of aryl methyl sites for hydroxylation is 12. The molecule has 77 heavy (non-hydrogen) atoms. The Kier molecular flexibility index (Phi) is 37.7. The molecule has 404 valence electrons. The minimum Gasteiger partial charge on any atom is -0.341 e. The summed E-state index contributed by atoms with van der Waals surface area (Å²) in [5.74, 6) is 0.822. The molecule has 12 rings (SSSR count). The van der Waals surface area contributed by atoms with E-state index in [4.69, 9.17) is 0 Å². The van der Waals surface area contributed by atoms with Crippen LogP contribution in [0.3, 0.4) is 0 Å². The van der Waals surface area contributed by atoms with Gasteiger partial charge in [0.15, 0.2) is 0 Å². The predicted octanol–water partition coefficient (Wildman–Crippen LogP) is 5.48. The molecule has 0 spiro atoms. The molecule has 12 aromatic rings. The maximum Gasteiger partial charge on any atom is 0.137 e. The standard InChI is InChI=1S/3C6H7N.2C5H6N2.2C4H6N2.C4H5NS.2C3H5N3.C2H4N4.CH3N5/c1-6-2-4-7-5-3-6;1-6-3-2-4-7-5-6;1-6-4-2-3-5-7-6;1-5-2-3-6-4-7-5;1-5-6-3-2-4-7-5;1-6-3-2-5-4-6;1-6-4-2-3-5-6;1-4-2-6-3-5-4;1-6-3-4-2-5-6;1-6-3-2-4-5-6;1-6-2-3-4-5-6;1-6-4-2-3-5-6/h3*2-5H,1H3;2*2-4H,1H3;2*2-4H,1H3;3*2-3H,1H3;2H,1H3;1H3. The lowest BCUT2D eigenvalue weighted by molar-refractivity contribution is 0.622. The molecule has 0 aromatic carbocycles. The Labute approximate surface area is 452 Å². The van der Waals surface area contributed by atoms with Gasteiger partial charge in [0.25, 0.3) is 0 Å². The number of tetrazole rings is 1. The fourth-order valence-electron chi connectivity index (χ4n) is 3.91. The summed E-state index contributed by atoms with van der Waals surface area (Å²) < 4.78 is 8.44. The maximum absolute atomic E-state index is 3.98. The normalized spacial score (nSPS) is 8.78. The van der Waals surface area contributed by atoms with Crippen molar-refractivity contribution in [2.45, 2.75) is 41.5 Å². The summed E-state index contributed by atoms with van der Waals surface area (Å²) >= 11 is 1.63. The van der Waals surface area contributed by atoms with E-state index < -0.39 is 0 Å². The molecule has 0 saturated heterocycles. The smallest absolute Gasteiger partial charge is 0.137 e. The minimum atomic E-state index is 0.822. The first-order chi connectivity index (χ1) is 37.2. The van der Waals surface area contributed by atoms with Gasteiger partial charge in [-0.1, -0.05) is 17.3 Å². The largest absolute Gasteiger partial charge is 0.341 e. The van der Waals surface area contributed by atoms with Crippen LogP contribution >= 0.6 is 11.3 Å². The van der Waals surface area contributed by atoms with Gasteiger partial charge in [-0.15, -0.1) is 26.3 Å². The Morgan fingerprint density at radius 2 is 1.12 bits per heavy atom. The van der Waals surface area contributed by atoms with Crippen LogP contribution in [0.1, 0.15) is 34.0 Å². The van der Waals surface area contributed by atoms with Crippen molar-refractivity contribution in [1.82, 2.24) is 135 Å². The summed E-state index contributed by atoms with van der Waals surface area (Å²) in [6, 6.07) is 19.3. The zero-order valence-electron chi connectivity index (χ0n) is 45.4. The van der Waals surface area contributed by atoms with E-state index in [2.05, 4.69) is 107 Å². The van der Waals surface area contributed by atoms with Crippen LogP contribution in [0.4, 0.5) is 0 Å². The average Bonchev–Trinajstić information content (AvgIpc) is 4.30. The lowest BCUT2D eigenvalue weighted by Gasteiger charge is -1.82. The monoisotopic (exact) mass is 1070 g/mol. The second kappa shape index (κ2) is 44.7. The molecule has 28 heteroatoms. The Balaban J connectivity index is 0.000000420. The minimum absolute atomic E-state index is 0.822. The summed E-state index contributed by atoms with van der Waals surface area (Å²) in [6.07, 6.45) is 32.8. The molecule has 12 aromatic heterocycles. The highest BCUT2D eigenvalue weighted by molar-refractivity contribution is 7.07. The highest BCUT2D eigenvalue weighted by Gasteiger charge is 1.79. The fourth-order valence-corrected chi connectivity index (χ4v) is 4.45. The molecule has 0 saturated carbocycles. The van der Waals surface area contributed by atoms with Crippen molar-refractivity contribution in [2.24, 2.45) is 42.3 Å². The second-order valence-electron chi connectivity index (χ2n) is 14.7. The number of hydrogen-bond donors (Lipinski definition) is 0. The van der Waals surface area contributed by atoms with Gasteiger partial charge in [-0.05, 0) is 132 Å². The molecule has 0 aliphatic heterocycles. The van der Waals surface area contributed by atoms with Crippen LogP contribution < -0.4 is 0 Å². The van der Waals surface area contributed by atoms with Crippen molar-refractivity contribution in [3.63, 3.8) is 0 Å². The molecule has 0 unspecified atom stereocenters. The van der Waals surface area contributed by atoms with Crippen LogP contribution in [0.15, 0.2) is 190 Å². The van der Waals surface area contributed by atoms with Crippen LogP contribution in [0.2, 0.25) is 0 Å². The van der Waals surface area contributed by atoms with Crippen molar-refractivity contribution in [3.05, 3.63) is 224 Å². The molecule has 0 aliphatic carbocycles. The Hall–Kier alpha value is -9.99. The van der Waals surface area contributed by atoms with Crippen molar-refractivity contribution in [1.29, 1.82) is 0 Å². The van der Waals surface area contributed by atoms with Crippen LogP contribution in [-0.4, -0.2) is 135 Å². The summed E-state index contributed by atoms with van der Waals surface area (Å²) in [7, 11) is 10.9. The summed E-state index contributed by atoms with van der Waals surface area (Å²) in [5.41, 5.74) is 7.49. The van der Waals surface area contributed by atoms with Crippen LogP contribution in [0.25, 0.3) is 0 Å². The molecular formula is C49H67N27S. The van der Waals surface area contributed by atoms with Crippen LogP contribution in [0, 0.1) is 41.5 Å². The molecule has 0 bridgehead atoms. The summed E-state index contributed by atoms with van der Waals surface area (Å²) in [5, 5.41) is 39.9. The first kappa shape index (κ1) is 65.0. The third-order valence-electron chi connectivity index (χ3n) is 7.63. The number of aromatic nitrogens is 27. The van der Waals surface area contributed by atoms with E-state index in [-0.39, 0.29) is 0 Å². The number of rotatable bonds is 0. The zero-order chi connectivity index (χ0) is 56.4. The first-order valence-electron chi connectivity index (χ1n) is 22.8. The quantitative estimate of drug-likeness (QED) is 0.182. The Morgan fingerprint density at radius 3 is 1.34 bits per heavy atom. The lowest BCUT2D eigenvalue weighted by atomic mass is 10.3. The third kappa shape index (κ3) is 43.3. The second-order valence-corrected chi connectivity index (χ2v) is 15.4. The predicted molar refractivity (Wildman–Crippen MR) is 291 cm³/mol. The third-order valence-corrected chi connectivity index (χ3v) is 8.33. The molecule has 0 aliphatic rings. The summed E-state index contributed by atoms with van der Waals surface area (Å²) in [4.78, 5) is 39.7. The Morgan fingerprint density at radius 1 is 0.390 bits per heavy atom. The highest BCUT2D eigenvalue weighted by atomic mass is 32.1. The van der Waals surface area contributed by atoms with Crippen molar-refractivity contribution >= 4 is 11.3 Å². The van der Waals surface area contributed by atoms with Gasteiger partial charge in [-0.2, -0.15) is 10.2 Å². The molecule has 0 radical (unpaired) electrons. The zero-order valence-corrected chi connectivity index (χ0v) is 46.2. The lowest BCUT2D eigenvalue weighted by Crippen LogP contribution is -1.91. The van der Waals surface area contributed by atoms with E-state index in [0.717, 1.165) is 22.9 Å². The van der Waals surface area contributed by atoms with Crippen molar-refractivity contribution in [2.75, 3.05) is 0 Å². The number of imidazole rings is 1. The molecule has 27 nitrogen and oxygen atoms in total. The number of nitrogens with zero attached hydrogens (tertiary/aromatic N) is 27. The van der Waals surface area contributed by atoms with Gasteiger partial charge < -0.3 is 4.57 Å². The van der Waals surface area contributed by atoms with Gasteiger partial charge in [-0.25, -0.2) is 34.6 Å². The van der Waals surface area contributed by atoms with Crippen molar-refractivity contribution in [3.8, 4) is 0 Å². The van der Waals surface area contributed by atoms with Gasteiger partial charge in [0.05, 0.1) is 25.1 Å².